The summed E-state index contributed by atoms with van der Waals surface area (Å²) in [4.78, 5) is 25.3. The van der Waals surface area contributed by atoms with Crippen LogP contribution in [0.15, 0.2) is 88.0 Å². The number of aryl methyl sites for hydroxylation is 1. The first-order valence-electron chi connectivity index (χ1n) is 31.7. The van der Waals surface area contributed by atoms with Gasteiger partial charge >= 0.3 is 0 Å². The van der Waals surface area contributed by atoms with Crippen molar-refractivity contribution in [3.8, 4) is 0 Å². The van der Waals surface area contributed by atoms with Crippen LogP contribution >= 0.6 is 21.6 Å². The average Bonchev–Trinajstić information content (AvgIpc) is 2.00. The molecule has 1 aromatic carbocycles. The fraction of sp³-hybridized carbons (Fsp3) is 0.742. The van der Waals surface area contributed by atoms with Crippen molar-refractivity contribution >= 4 is 33.3 Å². The maximum atomic E-state index is 15.6. The van der Waals surface area contributed by atoms with Crippen molar-refractivity contribution in [2.24, 2.45) is 103 Å². The summed E-state index contributed by atoms with van der Waals surface area (Å²) in [6.07, 6.45) is 20.5. The largest absolute Gasteiger partial charge is 0.396 e. The van der Waals surface area contributed by atoms with E-state index in [1.165, 1.54) is 49.7 Å². The van der Waals surface area contributed by atoms with E-state index in [-0.39, 0.29) is 77.6 Å². The molecule has 22 atom stereocenters. The summed E-state index contributed by atoms with van der Waals surface area (Å²) < 4.78 is 2.33. The van der Waals surface area contributed by atoms with Crippen LogP contribution in [0.4, 0.5) is 0 Å². The van der Waals surface area contributed by atoms with E-state index in [0.717, 1.165) is 63.0 Å². The number of fused-ring (bicyclic) bond motifs is 14. The van der Waals surface area contributed by atoms with E-state index >= 15 is 9.90 Å². The van der Waals surface area contributed by atoms with Gasteiger partial charge < -0.3 is 51.6 Å². The molecule has 15 heteroatoms. The Morgan fingerprint density at radius 2 is 1.79 bits per heavy atom. The molecule has 0 radical (unpaired) electrons. The third kappa shape index (κ3) is 8.87. The van der Waals surface area contributed by atoms with Gasteiger partial charge in [0.25, 0.3) is 0 Å². The number of guanidine groups is 1. The van der Waals surface area contributed by atoms with Crippen molar-refractivity contribution in [3.05, 3.63) is 88.6 Å². The number of imidazole rings is 1. The highest BCUT2D eigenvalue weighted by molar-refractivity contribution is 8.76. The van der Waals surface area contributed by atoms with Crippen LogP contribution in [0.1, 0.15) is 142 Å². The van der Waals surface area contributed by atoms with Gasteiger partial charge in [0, 0.05) is 77.5 Å². The van der Waals surface area contributed by atoms with Crippen LogP contribution < -0.4 is 16.4 Å². The highest BCUT2D eigenvalue weighted by Crippen LogP contribution is 2.76. The summed E-state index contributed by atoms with van der Waals surface area (Å²) in [5.41, 5.74) is 11.0. The maximum Gasteiger partial charge on any atom is 0.190 e. The third-order valence-corrected chi connectivity index (χ3v) is 27.8. The molecule has 442 valence electrons. The molecule has 22 unspecified atom stereocenters. The van der Waals surface area contributed by atoms with Gasteiger partial charge in [0.05, 0.1) is 36.8 Å². The van der Waals surface area contributed by atoms with E-state index in [0.29, 0.717) is 42.2 Å². The number of nitrogens with zero attached hydrogens (tertiary/aromatic N) is 3. The van der Waals surface area contributed by atoms with E-state index < -0.39 is 64.6 Å². The molecule has 81 heavy (non-hydrogen) atoms. The van der Waals surface area contributed by atoms with E-state index in [4.69, 9.17) is 10.7 Å². The zero-order valence-corrected chi connectivity index (χ0v) is 50.4. The smallest absolute Gasteiger partial charge is 0.190 e. The number of ketones is 1. The van der Waals surface area contributed by atoms with Crippen molar-refractivity contribution in [1.29, 1.82) is 0 Å². The van der Waals surface area contributed by atoms with Gasteiger partial charge in [-0.1, -0.05) is 101 Å². The number of carbonyl (C=O) groups is 1. The fourth-order valence-electron chi connectivity index (χ4n) is 22.4. The van der Waals surface area contributed by atoms with Crippen LogP contribution in [-0.2, 0) is 11.2 Å². The average molecular weight is 1150 g/mol. The van der Waals surface area contributed by atoms with Gasteiger partial charge in [-0.15, -0.1) is 0 Å². The second-order valence-corrected chi connectivity index (χ2v) is 31.8. The van der Waals surface area contributed by atoms with Crippen molar-refractivity contribution in [2.75, 3.05) is 32.5 Å². The molecule has 2 heterocycles. The molecule has 0 amide bonds. The molecule has 1 saturated heterocycles. The molecule has 8 fully saturated rings. The Balaban J connectivity index is 1.03. The molecule has 1 aromatic heterocycles. The lowest BCUT2D eigenvalue weighted by Crippen LogP contribution is -2.69. The first-order valence-corrected chi connectivity index (χ1v) is 34.1. The van der Waals surface area contributed by atoms with Gasteiger partial charge in [-0.05, 0) is 192 Å². The van der Waals surface area contributed by atoms with Gasteiger partial charge in [0.2, 0.25) is 0 Å². The number of aliphatic hydroxyl groups is 6. The van der Waals surface area contributed by atoms with Crippen LogP contribution in [0, 0.1) is 92.7 Å². The Morgan fingerprint density at radius 3 is 2.54 bits per heavy atom. The predicted molar refractivity (Wildman–Crippen MR) is 320 cm³/mol. The van der Waals surface area contributed by atoms with Crippen LogP contribution in [0.2, 0.25) is 0 Å². The second kappa shape index (κ2) is 21.5. The first kappa shape index (κ1) is 57.1. The summed E-state index contributed by atoms with van der Waals surface area (Å²) in [6.45, 7) is 8.87. The SMILES string of the molecule is CNCC1C(O)C(O)CC2(C)C3C(=CC(=O)C12)C1(O)C2CC(C4CC5CCCC6=C5C(C(=C5CC7CCC8CCCC8(C7)C65)C(C)(C)CC(n5ccnc5)CSSC2CCc2ccccc2)C4O)C1(CO)CC3CN=C(N)NC(C)O. The lowest BCUT2D eigenvalue weighted by molar-refractivity contribution is -0.195. The van der Waals surface area contributed by atoms with E-state index in [1.807, 2.05) is 41.2 Å². The van der Waals surface area contributed by atoms with E-state index in [1.54, 1.807) is 29.7 Å². The highest BCUT2D eigenvalue weighted by Gasteiger charge is 2.76. The molecule has 2 aromatic rings. The van der Waals surface area contributed by atoms with Crippen molar-refractivity contribution in [1.82, 2.24) is 20.2 Å². The molecule has 13 rings (SSSR count). The Bertz CT molecular complexity index is 2820. The van der Waals surface area contributed by atoms with Gasteiger partial charge in [0.15, 0.2) is 11.7 Å². The summed E-state index contributed by atoms with van der Waals surface area (Å²) >= 11 is 0. The number of benzene rings is 1. The zero-order chi connectivity index (χ0) is 56.5. The number of nitrogens with two attached hydrogens (primary N) is 1. The van der Waals surface area contributed by atoms with Crippen LogP contribution in [0.25, 0.3) is 0 Å². The number of aromatic nitrogens is 2. The lowest BCUT2D eigenvalue weighted by Gasteiger charge is -2.65. The number of rotatable bonds is 10. The number of hydrogen-bond donors (Lipinski definition) is 9. The Labute approximate surface area is 489 Å². The Kier molecular flexibility index (Phi) is 15.1. The minimum atomic E-state index is -1.72. The number of nitrogens with one attached hydrogen (secondary N) is 2. The predicted octanol–water partition coefficient (Wildman–Crippen LogP) is 8.56. The van der Waals surface area contributed by atoms with Crippen molar-refractivity contribution in [3.63, 3.8) is 0 Å². The van der Waals surface area contributed by atoms with Crippen molar-refractivity contribution < 1.29 is 35.4 Å². The summed E-state index contributed by atoms with van der Waals surface area (Å²) in [5.74, 6) is -0.512. The quantitative estimate of drug-likeness (QED) is 0.0359. The van der Waals surface area contributed by atoms with Gasteiger partial charge in [-0.2, -0.15) is 0 Å². The molecule has 13 nitrogen and oxygen atoms in total. The number of aliphatic imine (C=N–C) groups is 1. The number of allylic oxidation sites excluding steroid dienone is 3. The van der Waals surface area contributed by atoms with Gasteiger partial charge in [-0.3, -0.25) is 9.79 Å². The highest BCUT2D eigenvalue weighted by atomic mass is 33.1. The molecular weight excluding hydrogens is 1050 g/mol. The Hall–Kier alpha value is -2.99. The van der Waals surface area contributed by atoms with Gasteiger partial charge in [0.1, 0.15) is 6.23 Å². The summed E-state index contributed by atoms with van der Waals surface area (Å²) in [5, 5.41) is 83.0. The third-order valence-electron chi connectivity index (χ3n) is 24.8. The molecule has 10 aliphatic carbocycles. The molecule has 1 aliphatic heterocycles. The number of hydrogen-bond acceptors (Lipinski definition) is 12. The molecule has 1 spiro atoms. The lowest BCUT2D eigenvalue weighted by atomic mass is 9.40. The second-order valence-electron chi connectivity index (χ2n) is 29.2. The molecular formula is C66H94N6O7S2. The van der Waals surface area contributed by atoms with E-state index in [9.17, 15) is 25.5 Å². The number of aliphatic hydroxyl groups excluding tert-OH is 5. The van der Waals surface area contributed by atoms with Crippen LogP contribution in [0.3, 0.4) is 0 Å². The minimum Gasteiger partial charge on any atom is -0.396 e. The normalized spacial score (nSPS) is 45.6. The summed E-state index contributed by atoms with van der Waals surface area (Å²) in [6, 6.07) is 10.7. The molecule has 7 saturated carbocycles. The monoisotopic (exact) mass is 1150 g/mol. The number of carbonyl (C=O) groups excluding carboxylic acids is 1. The molecule has 6 bridgehead atoms. The Morgan fingerprint density at radius 1 is 0.975 bits per heavy atom. The van der Waals surface area contributed by atoms with Crippen molar-refractivity contribution in [2.45, 2.75) is 178 Å². The first-order chi connectivity index (χ1) is 38.9. The fourth-order valence-corrected chi connectivity index (χ4v) is 25.7. The maximum absolute atomic E-state index is 15.6. The van der Waals surface area contributed by atoms with Crippen LogP contribution in [0.5, 0.6) is 0 Å². The van der Waals surface area contributed by atoms with E-state index in [2.05, 4.69) is 77.5 Å². The zero-order valence-electron chi connectivity index (χ0n) is 48.8. The molecule has 10 N–H and O–H groups in total. The molecule has 11 aliphatic rings. The summed E-state index contributed by atoms with van der Waals surface area (Å²) in [7, 11) is 5.58. The van der Waals surface area contributed by atoms with Crippen LogP contribution in [-0.4, -0.2) is 120 Å². The minimum absolute atomic E-state index is 0.0779. The standard InChI is InChI=1S/C66H94N6O7S2/c1-36(74)71-61(67)70-31-40-28-65(34-73)47-25-48(66(65,79)49-26-50(75)57-46(32-68-5)59(77)51(76)30-63(57,4)55(40)49)52(19-17-37-11-7-6-8-12-37)81-80-33-42(72-22-21-69-35-72)29-62(2,3)58-45-23-38-16-18-41-14-10-20-64(41,27-38)56(45)43-15-9-13-39-24-44(47)60(78)54(58)53(39)43/h6-8,11-12,21-22,26,35-36,38-42,44,46-48,51-52,54-57,59-60,68,73-74,76-79H,9-10,13-20,23-25,27-34H2,1-5H3,(H3,67,70,71). The topological polar surface area (TPSA) is 219 Å². The van der Waals surface area contributed by atoms with Gasteiger partial charge in [-0.25, -0.2) is 4.98 Å².